The number of anilines is 1. The van der Waals surface area contributed by atoms with Gasteiger partial charge in [0.25, 0.3) is 5.56 Å². The number of alkyl halides is 3. The maximum Gasteiger partial charge on any atom is 0.433 e. The Bertz CT molecular complexity index is 734. The largest absolute Gasteiger partial charge is 0.433 e. The van der Waals surface area contributed by atoms with Gasteiger partial charge in [-0.25, -0.2) is 4.98 Å². The molecule has 0 aliphatic carbocycles. The Balaban J connectivity index is 2.38. The van der Waals surface area contributed by atoms with Gasteiger partial charge in [-0.15, -0.1) is 0 Å². The predicted octanol–water partition coefficient (Wildman–Crippen LogP) is 1.26. The molecule has 0 unspecified atom stereocenters. The van der Waals surface area contributed by atoms with E-state index in [0.717, 1.165) is 11.2 Å². The van der Waals surface area contributed by atoms with Crippen molar-refractivity contribution in [2.75, 3.05) is 32.5 Å². The lowest BCUT2D eigenvalue weighted by Crippen LogP contribution is -2.23. The molecule has 0 saturated carbocycles. The van der Waals surface area contributed by atoms with Gasteiger partial charge in [0.1, 0.15) is 5.82 Å². The van der Waals surface area contributed by atoms with Crippen molar-refractivity contribution in [3.05, 3.63) is 33.9 Å². The number of aromatic nitrogens is 4. The first-order valence-electron chi connectivity index (χ1n) is 6.81. The Labute approximate surface area is 130 Å². The zero-order valence-corrected chi connectivity index (χ0v) is 12.9. The molecule has 23 heavy (non-hydrogen) atoms. The lowest BCUT2D eigenvalue weighted by atomic mass is 10.4. The van der Waals surface area contributed by atoms with Crippen molar-refractivity contribution < 1.29 is 13.2 Å². The Morgan fingerprint density at radius 2 is 2.04 bits per heavy atom. The Hall–Kier alpha value is -2.36. The van der Waals surface area contributed by atoms with Gasteiger partial charge in [-0.3, -0.25) is 9.78 Å². The van der Waals surface area contributed by atoms with Crippen molar-refractivity contribution >= 4 is 5.82 Å². The fourth-order valence-electron chi connectivity index (χ4n) is 1.88. The van der Waals surface area contributed by atoms with E-state index in [-0.39, 0.29) is 5.95 Å². The van der Waals surface area contributed by atoms with E-state index in [1.54, 1.807) is 13.0 Å². The van der Waals surface area contributed by atoms with Crippen LogP contribution < -0.4 is 10.9 Å². The highest BCUT2D eigenvalue weighted by molar-refractivity contribution is 5.41. The quantitative estimate of drug-likeness (QED) is 0.863. The molecule has 0 aliphatic rings. The third kappa shape index (κ3) is 4.31. The molecule has 0 aliphatic heterocycles. The average molecular weight is 330 g/mol. The number of hydrogen-bond donors (Lipinski definition) is 2. The van der Waals surface area contributed by atoms with Crippen LogP contribution in [0.4, 0.5) is 19.0 Å². The number of H-pyrrole nitrogens is 1. The number of aromatic amines is 1. The standard InChI is InChI=1S/C13H17F3N6O/c1-8-6-10(17-4-5-21(2)3)22(20-8)12-18-9(13(14,15)16)7-11(23)19-12/h6-7,17H,4-5H2,1-3H3,(H,18,19,23). The van der Waals surface area contributed by atoms with Crippen LogP contribution in [0.2, 0.25) is 0 Å². The normalized spacial score (nSPS) is 12.0. The second kappa shape index (κ2) is 6.41. The minimum atomic E-state index is -4.70. The third-order valence-electron chi connectivity index (χ3n) is 2.92. The molecule has 2 aromatic heterocycles. The lowest BCUT2D eigenvalue weighted by Gasteiger charge is -2.13. The number of nitrogens with one attached hydrogen (secondary N) is 2. The molecule has 2 aromatic rings. The molecule has 0 amide bonds. The molecule has 0 fully saturated rings. The number of rotatable bonds is 5. The van der Waals surface area contributed by atoms with Crippen LogP contribution in [0.25, 0.3) is 5.95 Å². The number of aryl methyl sites for hydroxylation is 1. The van der Waals surface area contributed by atoms with Gasteiger partial charge in [0, 0.05) is 25.2 Å². The van der Waals surface area contributed by atoms with Crippen molar-refractivity contribution in [1.82, 2.24) is 24.6 Å². The maximum absolute atomic E-state index is 12.8. The molecule has 0 spiro atoms. The van der Waals surface area contributed by atoms with E-state index in [0.29, 0.717) is 24.1 Å². The van der Waals surface area contributed by atoms with Gasteiger partial charge in [-0.2, -0.15) is 23.0 Å². The van der Waals surface area contributed by atoms with E-state index in [1.165, 1.54) is 0 Å². The molecule has 126 valence electrons. The minimum Gasteiger partial charge on any atom is -0.369 e. The molecule has 0 radical (unpaired) electrons. The van der Waals surface area contributed by atoms with E-state index < -0.39 is 17.4 Å². The van der Waals surface area contributed by atoms with Crippen LogP contribution in [0.15, 0.2) is 16.9 Å². The van der Waals surface area contributed by atoms with Crippen molar-refractivity contribution in [3.8, 4) is 5.95 Å². The Kier molecular flexibility index (Phi) is 4.73. The van der Waals surface area contributed by atoms with Gasteiger partial charge in [0.05, 0.1) is 5.69 Å². The zero-order chi connectivity index (χ0) is 17.2. The molecular formula is C13H17F3N6O. The number of likely N-dealkylation sites (N-methyl/N-ethyl adjacent to an activating group) is 1. The van der Waals surface area contributed by atoms with E-state index in [2.05, 4.69) is 20.4 Å². The first-order chi connectivity index (χ1) is 10.7. The monoisotopic (exact) mass is 330 g/mol. The molecule has 0 bridgehead atoms. The minimum absolute atomic E-state index is 0.287. The Morgan fingerprint density at radius 1 is 1.35 bits per heavy atom. The van der Waals surface area contributed by atoms with Gasteiger partial charge in [-0.1, -0.05) is 0 Å². The van der Waals surface area contributed by atoms with E-state index in [9.17, 15) is 18.0 Å². The average Bonchev–Trinajstić information content (AvgIpc) is 2.78. The molecule has 7 nitrogen and oxygen atoms in total. The zero-order valence-electron chi connectivity index (χ0n) is 12.9. The van der Waals surface area contributed by atoms with Crippen LogP contribution in [0, 0.1) is 6.92 Å². The van der Waals surface area contributed by atoms with Crippen molar-refractivity contribution in [2.24, 2.45) is 0 Å². The van der Waals surface area contributed by atoms with Crippen LogP contribution in [-0.4, -0.2) is 51.8 Å². The topological polar surface area (TPSA) is 78.8 Å². The smallest absolute Gasteiger partial charge is 0.369 e. The van der Waals surface area contributed by atoms with Crippen LogP contribution in [0.3, 0.4) is 0 Å². The SMILES string of the molecule is Cc1cc(NCCN(C)C)n(-c2nc(C(F)(F)F)cc(=O)[nH]2)n1. The second-order valence-electron chi connectivity index (χ2n) is 5.26. The summed E-state index contributed by atoms with van der Waals surface area (Å²) in [5, 5.41) is 7.14. The van der Waals surface area contributed by atoms with Gasteiger partial charge in [-0.05, 0) is 21.0 Å². The van der Waals surface area contributed by atoms with Gasteiger partial charge in [0.2, 0.25) is 5.95 Å². The van der Waals surface area contributed by atoms with E-state index in [1.807, 2.05) is 19.0 Å². The summed E-state index contributed by atoms with van der Waals surface area (Å²) in [7, 11) is 3.80. The summed E-state index contributed by atoms with van der Waals surface area (Å²) < 4.78 is 39.5. The molecule has 0 atom stereocenters. The van der Waals surface area contributed by atoms with Gasteiger partial charge in [0.15, 0.2) is 5.69 Å². The summed E-state index contributed by atoms with van der Waals surface area (Å²) in [4.78, 5) is 19.2. The molecule has 2 rings (SSSR count). The summed E-state index contributed by atoms with van der Waals surface area (Å²) in [5.74, 6) is 0.164. The third-order valence-corrected chi connectivity index (χ3v) is 2.92. The second-order valence-corrected chi connectivity index (χ2v) is 5.26. The van der Waals surface area contributed by atoms with E-state index in [4.69, 9.17) is 0 Å². The fourth-order valence-corrected chi connectivity index (χ4v) is 1.88. The van der Waals surface area contributed by atoms with Crippen molar-refractivity contribution in [2.45, 2.75) is 13.1 Å². The lowest BCUT2D eigenvalue weighted by molar-refractivity contribution is -0.141. The number of nitrogens with zero attached hydrogens (tertiary/aromatic N) is 4. The number of halogens is 3. The van der Waals surface area contributed by atoms with Gasteiger partial charge >= 0.3 is 6.18 Å². The van der Waals surface area contributed by atoms with Crippen LogP contribution >= 0.6 is 0 Å². The molecular weight excluding hydrogens is 313 g/mol. The highest BCUT2D eigenvalue weighted by Crippen LogP contribution is 2.27. The predicted molar refractivity (Wildman–Crippen MR) is 78.8 cm³/mol. The van der Waals surface area contributed by atoms with Crippen LogP contribution in [-0.2, 0) is 6.18 Å². The fraction of sp³-hybridized carbons (Fsp3) is 0.462. The van der Waals surface area contributed by atoms with Crippen molar-refractivity contribution in [3.63, 3.8) is 0 Å². The summed E-state index contributed by atoms with van der Waals surface area (Å²) >= 11 is 0. The van der Waals surface area contributed by atoms with Crippen LogP contribution in [0.1, 0.15) is 11.4 Å². The highest BCUT2D eigenvalue weighted by Gasteiger charge is 2.33. The molecule has 2 heterocycles. The first-order valence-corrected chi connectivity index (χ1v) is 6.81. The van der Waals surface area contributed by atoms with Gasteiger partial charge < -0.3 is 10.2 Å². The van der Waals surface area contributed by atoms with Crippen molar-refractivity contribution in [1.29, 1.82) is 0 Å². The molecule has 10 heteroatoms. The molecule has 0 aromatic carbocycles. The molecule has 0 saturated heterocycles. The summed E-state index contributed by atoms with van der Waals surface area (Å²) in [6, 6.07) is 2.08. The maximum atomic E-state index is 12.8. The highest BCUT2D eigenvalue weighted by atomic mass is 19.4. The summed E-state index contributed by atoms with van der Waals surface area (Å²) in [6.07, 6.45) is -4.70. The Morgan fingerprint density at radius 3 is 2.65 bits per heavy atom. The van der Waals surface area contributed by atoms with E-state index >= 15 is 0 Å². The summed E-state index contributed by atoms with van der Waals surface area (Å²) in [5.41, 5.74) is -1.57. The first kappa shape index (κ1) is 17.0. The molecule has 2 N–H and O–H groups in total. The summed E-state index contributed by atoms with van der Waals surface area (Å²) in [6.45, 7) is 2.97. The number of hydrogen-bond acceptors (Lipinski definition) is 5. The van der Waals surface area contributed by atoms with Crippen LogP contribution in [0.5, 0.6) is 0 Å².